The molecule has 1 aromatic heterocycles. The van der Waals surface area contributed by atoms with Crippen LogP contribution in [0.25, 0.3) is 0 Å². The van der Waals surface area contributed by atoms with Crippen molar-refractivity contribution in [1.82, 2.24) is 10.3 Å². The lowest BCUT2D eigenvalue weighted by Crippen LogP contribution is -2.36. The SMILES string of the molecule is Cc1nc(CCNCCC(C)(C)N)cs1. The Morgan fingerprint density at radius 1 is 1.47 bits per heavy atom. The highest BCUT2D eigenvalue weighted by atomic mass is 32.1. The zero-order valence-electron chi connectivity index (χ0n) is 9.84. The van der Waals surface area contributed by atoms with Crippen molar-refractivity contribution in [2.75, 3.05) is 13.1 Å². The highest BCUT2D eigenvalue weighted by Gasteiger charge is 2.08. The van der Waals surface area contributed by atoms with Gasteiger partial charge in [-0.3, -0.25) is 0 Å². The van der Waals surface area contributed by atoms with E-state index in [4.69, 9.17) is 5.73 Å². The average molecular weight is 227 g/mol. The molecule has 1 heterocycles. The maximum Gasteiger partial charge on any atom is 0.0897 e. The molecular weight excluding hydrogens is 206 g/mol. The van der Waals surface area contributed by atoms with E-state index in [0.29, 0.717) is 0 Å². The van der Waals surface area contributed by atoms with Crippen LogP contribution in [0.2, 0.25) is 0 Å². The van der Waals surface area contributed by atoms with Crippen LogP contribution in [0, 0.1) is 6.92 Å². The van der Waals surface area contributed by atoms with E-state index in [2.05, 4.69) is 29.5 Å². The molecule has 4 heteroatoms. The smallest absolute Gasteiger partial charge is 0.0897 e. The molecule has 1 aromatic rings. The zero-order chi connectivity index (χ0) is 11.3. The number of nitrogens with two attached hydrogens (primary N) is 1. The van der Waals surface area contributed by atoms with Gasteiger partial charge in [0.25, 0.3) is 0 Å². The minimum atomic E-state index is -0.0653. The van der Waals surface area contributed by atoms with Crippen LogP contribution in [0.4, 0.5) is 0 Å². The second-order valence-corrected chi connectivity index (χ2v) is 5.66. The Hall–Kier alpha value is -0.450. The van der Waals surface area contributed by atoms with Crippen LogP contribution in [-0.2, 0) is 6.42 Å². The highest BCUT2D eigenvalue weighted by Crippen LogP contribution is 2.07. The molecule has 0 fully saturated rings. The largest absolute Gasteiger partial charge is 0.326 e. The van der Waals surface area contributed by atoms with E-state index >= 15 is 0 Å². The number of aromatic nitrogens is 1. The fourth-order valence-electron chi connectivity index (χ4n) is 1.28. The Morgan fingerprint density at radius 2 is 2.20 bits per heavy atom. The van der Waals surface area contributed by atoms with E-state index in [9.17, 15) is 0 Å². The van der Waals surface area contributed by atoms with Gasteiger partial charge in [-0.05, 0) is 33.7 Å². The number of rotatable bonds is 6. The molecule has 3 nitrogen and oxygen atoms in total. The molecule has 0 aliphatic carbocycles. The molecule has 15 heavy (non-hydrogen) atoms. The number of thiazole rings is 1. The van der Waals surface area contributed by atoms with Crippen LogP contribution in [0.3, 0.4) is 0 Å². The van der Waals surface area contributed by atoms with Crippen molar-refractivity contribution in [2.45, 2.75) is 39.2 Å². The van der Waals surface area contributed by atoms with E-state index in [-0.39, 0.29) is 5.54 Å². The summed E-state index contributed by atoms with van der Waals surface area (Å²) in [5.74, 6) is 0. The van der Waals surface area contributed by atoms with Crippen LogP contribution >= 0.6 is 11.3 Å². The third-order valence-electron chi connectivity index (χ3n) is 2.17. The minimum Gasteiger partial charge on any atom is -0.326 e. The molecule has 0 aliphatic heterocycles. The first-order chi connectivity index (χ1) is 6.97. The van der Waals surface area contributed by atoms with Crippen LogP contribution in [-0.4, -0.2) is 23.6 Å². The standard InChI is InChI=1S/C11H21N3S/c1-9-14-10(8-15-9)4-6-13-7-5-11(2,3)12/h8,13H,4-7,12H2,1-3H3. The highest BCUT2D eigenvalue weighted by molar-refractivity contribution is 7.09. The van der Waals surface area contributed by atoms with Crippen LogP contribution < -0.4 is 11.1 Å². The lowest BCUT2D eigenvalue weighted by Gasteiger charge is -2.18. The topological polar surface area (TPSA) is 50.9 Å². The van der Waals surface area contributed by atoms with Crippen molar-refractivity contribution in [3.05, 3.63) is 16.1 Å². The summed E-state index contributed by atoms with van der Waals surface area (Å²) in [5, 5.41) is 6.66. The fourth-order valence-corrected chi connectivity index (χ4v) is 1.92. The minimum absolute atomic E-state index is 0.0653. The zero-order valence-corrected chi connectivity index (χ0v) is 10.7. The Morgan fingerprint density at radius 3 is 2.73 bits per heavy atom. The average Bonchev–Trinajstić information content (AvgIpc) is 2.49. The molecule has 0 aromatic carbocycles. The predicted octanol–water partition coefficient (Wildman–Crippen LogP) is 1.71. The van der Waals surface area contributed by atoms with Gasteiger partial charge in [-0.25, -0.2) is 4.98 Å². The quantitative estimate of drug-likeness (QED) is 0.727. The Balaban J connectivity index is 2.07. The first-order valence-corrected chi connectivity index (χ1v) is 6.26. The van der Waals surface area contributed by atoms with Gasteiger partial charge in [-0.15, -0.1) is 11.3 Å². The third-order valence-corrected chi connectivity index (χ3v) is 2.99. The van der Waals surface area contributed by atoms with Crippen LogP contribution in [0.5, 0.6) is 0 Å². The Labute approximate surface area is 96.1 Å². The van der Waals surface area contributed by atoms with Crippen molar-refractivity contribution in [2.24, 2.45) is 5.73 Å². The number of hydrogen-bond donors (Lipinski definition) is 2. The van der Waals surface area contributed by atoms with Gasteiger partial charge in [-0.1, -0.05) is 0 Å². The van der Waals surface area contributed by atoms with Gasteiger partial charge >= 0.3 is 0 Å². The summed E-state index contributed by atoms with van der Waals surface area (Å²) in [5.41, 5.74) is 7.01. The van der Waals surface area contributed by atoms with Gasteiger partial charge in [0.15, 0.2) is 0 Å². The first kappa shape index (κ1) is 12.6. The molecule has 0 saturated heterocycles. The molecule has 0 atom stereocenters. The predicted molar refractivity (Wildman–Crippen MR) is 66.3 cm³/mol. The Bertz CT molecular complexity index is 288. The summed E-state index contributed by atoms with van der Waals surface area (Å²) in [6, 6.07) is 0. The summed E-state index contributed by atoms with van der Waals surface area (Å²) in [4.78, 5) is 4.41. The van der Waals surface area contributed by atoms with E-state index in [0.717, 1.165) is 30.9 Å². The van der Waals surface area contributed by atoms with Gasteiger partial charge in [0.2, 0.25) is 0 Å². The molecule has 3 N–H and O–H groups in total. The van der Waals surface area contributed by atoms with Gasteiger partial charge < -0.3 is 11.1 Å². The third kappa shape index (κ3) is 5.87. The lowest BCUT2D eigenvalue weighted by atomic mass is 10.0. The maximum absolute atomic E-state index is 5.88. The molecule has 0 unspecified atom stereocenters. The fraction of sp³-hybridized carbons (Fsp3) is 0.727. The van der Waals surface area contributed by atoms with Gasteiger partial charge in [-0.2, -0.15) is 0 Å². The van der Waals surface area contributed by atoms with Gasteiger partial charge in [0, 0.05) is 23.9 Å². The maximum atomic E-state index is 5.88. The van der Waals surface area contributed by atoms with Crippen molar-refractivity contribution < 1.29 is 0 Å². The van der Waals surface area contributed by atoms with Crippen molar-refractivity contribution in [3.63, 3.8) is 0 Å². The van der Waals surface area contributed by atoms with Crippen molar-refractivity contribution in [3.8, 4) is 0 Å². The number of aryl methyl sites for hydroxylation is 1. The molecule has 0 amide bonds. The molecule has 0 radical (unpaired) electrons. The van der Waals surface area contributed by atoms with E-state index in [1.165, 1.54) is 5.69 Å². The second kappa shape index (κ2) is 5.58. The molecule has 0 bridgehead atoms. The molecular formula is C11H21N3S. The number of nitrogens with zero attached hydrogens (tertiary/aromatic N) is 1. The number of nitrogens with one attached hydrogen (secondary N) is 1. The summed E-state index contributed by atoms with van der Waals surface area (Å²) in [7, 11) is 0. The van der Waals surface area contributed by atoms with Crippen molar-refractivity contribution in [1.29, 1.82) is 0 Å². The summed E-state index contributed by atoms with van der Waals surface area (Å²) >= 11 is 1.71. The lowest BCUT2D eigenvalue weighted by molar-refractivity contribution is 0.456. The van der Waals surface area contributed by atoms with E-state index in [1.807, 2.05) is 6.92 Å². The van der Waals surface area contributed by atoms with Gasteiger partial charge in [0.05, 0.1) is 10.7 Å². The Kier molecular flexibility index (Phi) is 4.70. The molecule has 0 saturated carbocycles. The summed E-state index contributed by atoms with van der Waals surface area (Å²) in [6.45, 7) is 8.11. The normalized spacial score (nSPS) is 12.0. The summed E-state index contributed by atoms with van der Waals surface area (Å²) in [6.07, 6.45) is 2.01. The molecule has 0 spiro atoms. The monoisotopic (exact) mass is 227 g/mol. The summed E-state index contributed by atoms with van der Waals surface area (Å²) < 4.78 is 0. The number of hydrogen-bond acceptors (Lipinski definition) is 4. The van der Waals surface area contributed by atoms with Crippen molar-refractivity contribution >= 4 is 11.3 Å². The van der Waals surface area contributed by atoms with Gasteiger partial charge in [0.1, 0.15) is 0 Å². The van der Waals surface area contributed by atoms with Crippen LogP contribution in [0.15, 0.2) is 5.38 Å². The molecule has 86 valence electrons. The molecule has 0 aliphatic rings. The van der Waals surface area contributed by atoms with E-state index < -0.39 is 0 Å². The molecule has 1 rings (SSSR count). The van der Waals surface area contributed by atoms with Crippen LogP contribution in [0.1, 0.15) is 31.0 Å². The first-order valence-electron chi connectivity index (χ1n) is 5.38. The van der Waals surface area contributed by atoms with E-state index in [1.54, 1.807) is 11.3 Å². The second-order valence-electron chi connectivity index (χ2n) is 4.60.